The fourth-order valence-corrected chi connectivity index (χ4v) is 3.04. The molecule has 1 atom stereocenters. The number of fused-ring (bicyclic) bond motifs is 2. The summed E-state index contributed by atoms with van der Waals surface area (Å²) in [7, 11) is 0. The molecule has 102 valence electrons. The maximum atomic E-state index is 12.2. The van der Waals surface area contributed by atoms with Gasteiger partial charge in [-0.2, -0.15) is 0 Å². The predicted octanol–water partition coefficient (Wildman–Crippen LogP) is 4.29. The van der Waals surface area contributed by atoms with Crippen LogP contribution in [0.25, 0.3) is 10.8 Å². The molecule has 21 heavy (non-hydrogen) atoms. The second-order valence-electron chi connectivity index (χ2n) is 5.32. The van der Waals surface area contributed by atoms with E-state index in [1.165, 1.54) is 5.39 Å². The van der Waals surface area contributed by atoms with E-state index < -0.39 is 0 Å². The lowest BCUT2D eigenvalue weighted by Crippen LogP contribution is -2.21. The Bertz CT molecular complexity index is 830. The van der Waals surface area contributed by atoms with Crippen molar-refractivity contribution >= 4 is 16.7 Å². The van der Waals surface area contributed by atoms with Crippen LogP contribution in [0.4, 0.5) is 0 Å². The van der Waals surface area contributed by atoms with Crippen LogP contribution in [0.1, 0.15) is 27.6 Å². The van der Waals surface area contributed by atoms with Gasteiger partial charge in [-0.25, -0.2) is 4.79 Å². The lowest BCUT2D eigenvalue weighted by Gasteiger charge is -2.25. The van der Waals surface area contributed by atoms with Gasteiger partial charge < -0.3 is 4.74 Å². The van der Waals surface area contributed by atoms with Gasteiger partial charge in [0.05, 0.1) is 5.56 Å². The van der Waals surface area contributed by atoms with Crippen LogP contribution in [0.2, 0.25) is 0 Å². The molecule has 0 saturated carbocycles. The van der Waals surface area contributed by atoms with Gasteiger partial charge in [0.25, 0.3) is 0 Å². The Balaban J connectivity index is 1.83. The number of cyclic esters (lactones) is 1. The average molecular weight is 274 g/mol. The highest BCUT2D eigenvalue weighted by atomic mass is 16.5. The minimum Gasteiger partial charge on any atom is -0.454 e. The molecule has 1 heterocycles. The zero-order valence-corrected chi connectivity index (χ0v) is 11.5. The quantitative estimate of drug-likeness (QED) is 0.619. The Hall–Kier alpha value is -2.61. The zero-order chi connectivity index (χ0) is 14.2. The minimum absolute atomic E-state index is 0.210. The van der Waals surface area contributed by atoms with Crippen LogP contribution in [-0.4, -0.2) is 5.97 Å². The molecule has 0 N–H and O–H groups in total. The third-order valence-corrected chi connectivity index (χ3v) is 4.06. The fraction of sp³-hybridized carbons (Fsp3) is 0.105. The van der Waals surface area contributed by atoms with Gasteiger partial charge in [0, 0.05) is 12.0 Å². The summed E-state index contributed by atoms with van der Waals surface area (Å²) in [5, 5.41) is 2.32. The largest absolute Gasteiger partial charge is 0.454 e. The number of esters is 1. The van der Waals surface area contributed by atoms with E-state index in [-0.39, 0.29) is 12.1 Å². The Morgan fingerprint density at radius 3 is 2.57 bits per heavy atom. The normalized spacial score (nSPS) is 17.3. The first kappa shape index (κ1) is 12.2. The lowest BCUT2D eigenvalue weighted by molar-refractivity contribution is 0.0256. The molecule has 0 amide bonds. The summed E-state index contributed by atoms with van der Waals surface area (Å²) < 4.78 is 5.67. The molecule has 1 aliphatic heterocycles. The highest BCUT2D eigenvalue weighted by Gasteiger charge is 2.27. The van der Waals surface area contributed by atoms with Crippen molar-refractivity contribution in [1.82, 2.24) is 0 Å². The molecular weight excluding hydrogens is 260 g/mol. The molecule has 3 aromatic carbocycles. The second kappa shape index (κ2) is 4.74. The fourth-order valence-electron chi connectivity index (χ4n) is 3.04. The zero-order valence-electron chi connectivity index (χ0n) is 11.5. The van der Waals surface area contributed by atoms with E-state index in [0.29, 0.717) is 5.56 Å². The van der Waals surface area contributed by atoms with Gasteiger partial charge in [0.15, 0.2) is 0 Å². The number of hydrogen-bond donors (Lipinski definition) is 0. The van der Waals surface area contributed by atoms with Crippen LogP contribution in [-0.2, 0) is 11.2 Å². The first-order valence-corrected chi connectivity index (χ1v) is 7.09. The summed E-state index contributed by atoms with van der Waals surface area (Å²) in [5.41, 5.74) is 2.83. The second-order valence-corrected chi connectivity index (χ2v) is 5.32. The molecule has 0 saturated heterocycles. The van der Waals surface area contributed by atoms with Gasteiger partial charge in [-0.1, -0.05) is 60.7 Å². The number of hydrogen-bond acceptors (Lipinski definition) is 2. The van der Waals surface area contributed by atoms with E-state index in [1.807, 2.05) is 48.5 Å². The van der Waals surface area contributed by atoms with Crippen LogP contribution in [0.15, 0.2) is 66.7 Å². The summed E-state index contributed by atoms with van der Waals surface area (Å²) in [6.07, 6.45) is 0.522. The summed E-state index contributed by atoms with van der Waals surface area (Å²) >= 11 is 0. The van der Waals surface area contributed by atoms with Gasteiger partial charge in [0.2, 0.25) is 0 Å². The molecule has 2 heteroatoms. The van der Waals surface area contributed by atoms with Crippen molar-refractivity contribution in [3.63, 3.8) is 0 Å². The predicted molar refractivity (Wildman–Crippen MR) is 82.3 cm³/mol. The minimum atomic E-state index is -0.227. The van der Waals surface area contributed by atoms with Crippen LogP contribution >= 0.6 is 0 Å². The molecule has 0 bridgehead atoms. The summed E-state index contributed by atoms with van der Waals surface area (Å²) in [5.74, 6) is -0.227. The monoisotopic (exact) mass is 274 g/mol. The third-order valence-electron chi connectivity index (χ3n) is 4.06. The van der Waals surface area contributed by atoms with Crippen molar-refractivity contribution in [1.29, 1.82) is 0 Å². The molecule has 0 spiro atoms. The molecule has 1 aliphatic rings. The molecular formula is C19H14O2. The highest BCUT2D eigenvalue weighted by Crippen LogP contribution is 2.34. The van der Waals surface area contributed by atoms with Gasteiger partial charge >= 0.3 is 5.97 Å². The Morgan fingerprint density at radius 1 is 0.857 bits per heavy atom. The van der Waals surface area contributed by atoms with Gasteiger partial charge in [-0.3, -0.25) is 0 Å². The highest BCUT2D eigenvalue weighted by molar-refractivity contribution is 5.93. The molecule has 0 aliphatic carbocycles. The number of carbonyl (C=O) groups excluding carboxylic acids is 1. The van der Waals surface area contributed by atoms with Crippen molar-refractivity contribution in [2.24, 2.45) is 0 Å². The topological polar surface area (TPSA) is 26.3 Å². The summed E-state index contributed by atoms with van der Waals surface area (Å²) in [6, 6.07) is 22.0. The van der Waals surface area contributed by atoms with E-state index in [2.05, 4.69) is 18.2 Å². The molecule has 0 fully saturated rings. The SMILES string of the molecule is O=C1OC(c2cccc3ccccc23)Cc2ccccc21. The van der Waals surface area contributed by atoms with Crippen molar-refractivity contribution in [2.75, 3.05) is 0 Å². The average Bonchev–Trinajstić information content (AvgIpc) is 2.54. The van der Waals surface area contributed by atoms with Crippen LogP contribution < -0.4 is 0 Å². The van der Waals surface area contributed by atoms with Crippen LogP contribution in [0.3, 0.4) is 0 Å². The van der Waals surface area contributed by atoms with Crippen molar-refractivity contribution in [3.05, 3.63) is 83.4 Å². The molecule has 4 rings (SSSR count). The molecule has 2 nitrogen and oxygen atoms in total. The van der Waals surface area contributed by atoms with Crippen molar-refractivity contribution in [2.45, 2.75) is 12.5 Å². The Kier molecular flexibility index (Phi) is 2.74. The van der Waals surface area contributed by atoms with E-state index in [4.69, 9.17) is 4.74 Å². The number of rotatable bonds is 1. The maximum Gasteiger partial charge on any atom is 0.339 e. The lowest BCUT2D eigenvalue weighted by atomic mass is 9.92. The van der Waals surface area contributed by atoms with Crippen LogP contribution in [0.5, 0.6) is 0 Å². The van der Waals surface area contributed by atoms with Gasteiger partial charge in [-0.05, 0) is 22.4 Å². The van der Waals surface area contributed by atoms with Gasteiger partial charge in [-0.15, -0.1) is 0 Å². The first-order valence-electron chi connectivity index (χ1n) is 7.09. The molecule has 0 aromatic heterocycles. The maximum absolute atomic E-state index is 12.2. The molecule has 0 radical (unpaired) electrons. The van der Waals surface area contributed by atoms with E-state index in [1.54, 1.807) is 0 Å². The standard InChI is InChI=1S/C19H14O2/c20-19-16-10-4-2-7-14(16)12-18(21-19)17-11-5-8-13-6-1-3-9-15(13)17/h1-11,18H,12H2. The van der Waals surface area contributed by atoms with E-state index in [9.17, 15) is 4.79 Å². The van der Waals surface area contributed by atoms with Crippen molar-refractivity contribution < 1.29 is 9.53 Å². The Morgan fingerprint density at radius 2 is 1.62 bits per heavy atom. The third kappa shape index (κ3) is 2.00. The van der Waals surface area contributed by atoms with Gasteiger partial charge in [0.1, 0.15) is 6.10 Å². The van der Waals surface area contributed by atoms with E-state index >= 15 is 0 Å². The Labute approximate surface area is 123 Å². The molecule has 1 unspecified atom stereocenters. The number of carbonyl (C=O) groups is 1. The first-order chi connectivity index (χ1) is 10.3. The number of benzene rings is 3. The van der Waals surface area contributed by atoms with Crippen molar-refractivity contribution in [3.8, 4) is 0 Å². The number of ether oxygens (including phenoxy) is 1. The molecule has 3 aromatic rings. The van der Waals surface area contributed by atoms with E-state index in [0.717, 1.165) is 22.9 Å². The van der Waals surface area contributed by atoms with Crippen LogP contribution in [0, 0.1) is 0 Å². The smallest absolute Gasteiger partial charge is 0.339 e. The summed E-state index contributed by atoms with van der Waals surface area (Å²) in [6.45, 7) is 0. The summed E-state index contributed by atoms with van der Waals surface area (Å²) in [4.78, 5) is 12.2.